The van der Waals surface area contributed by atoms with Crippen LogP contribution in [0.25, 0.3) is 10.2 Å². The van der Waals surface area contributed by atoms with Crippen molar-refractivity contribution in [2.45, 2.75) is 77.9 Å². The number of carbonyl (C=O) groups is 1. The molecule has 2 aliphatic rings. The summed E-state index contributed by atoms with van der Waals surface area (Å²) < 4.78 is 1.65. The normalized spacial score (nSPS) is 18.6. The van der Waals surface area contributed by atoms with Gasteiger partial charge in [0, 0.05) is 18.0 Å². The van der Waals surface area contributed by atoms with Gasteiger partial charge in [0.25, 0.3) is 5.56 Å². The first-order valence-electron chi connectivity index (χ1n) is 10.9. The van der Waals surface area contributed by atoms with Gasteiger partial charge in [0.05, 0.1) is 11.9 Å². The molecule has 158 valence electrons. The van der Waals surface area contributed by atoms with Crippen molar-refractivity contribution in [3.8, 4) is 0 Å². The standard InChI is InChI=1S/C22H32N4O2S/c1-15-16(2)29-21-20(15)22(28)26(18(23-21)13-25-11-7-8-12-25)14-19(27)24(3)17-9-5-4-6-10-17/h17H,4-14H2,1-3H3. The largest absolute Gasteiger partial charge is 0.341 e. The molecule has 4 rings (SSSR count). The lowest BCUT2D eigenvalue weighted by atomic mass is 9.94. The number of nitrogens with zero attached hydrogens (tertiary/aromatic N) is 4. The highest BCUT2D eigenvalue weighted by atomic mass is 32.1. The van der Waals surface area contributed by atoms with Crippen LogP contribution in [0.5, 0.6) is 0 Å². The average molecular weight is 417 g/mol. The molecule has 1 amide bonds. The van der Waals surface area contributed by atoms with E-state index >= 15 is 0 Å². The van der Waals surface area contributed by atoms with Crippen LogP contribution in [0.4, 0.5) is 0 Å². The highest BCUT2D eigenvalue weighted by Gasteiger charge is 2.25. The summed E-state index contributed by atoms with van der Waals surface area (Å²) in [6.07, 6.45) is 8.14. The van der Waals surface area contributed by atoms with E-state index in [1.165, 1.54) is 32.1 Å². The Balaban J connectivity index is 1.68. The summed E-state index contributed by atoms with van der Waals surface area (Å²) in [7, 11) is 1.90. The minimum atomic E-state index is -0.0589. The first-order chi connectivity index (χ1) is 14.0. The molecule has 0 bridgehead atoms. The molecule has 1 aliphatic carbocycles. The molecule has 0 radical (unpaired) electrons. The summed E-state index contributed by atoms with van der Waals surface area (Å²) in [5.41, 5.74) is 0.938. The second-order valence-corrected chi connectivity index (χ2v) is 9.87. The van der Waals surface area contributed by atoms with Gasteiger partial charge < -0.3 is 4.90 Å². The maximum atomic E-state index is 13.4. The first kappa shape index (κ1) is 20.5. The van der Waals surface area contributed by atoms with Gasteiger partial charge in [-0.15, -0.1) is 11.3 Å². The number of aryl methyl sites for hydroxylation is 2. The van der Waals surface area contributed by atoms with Crippen molar-refractivity contribution in [1.29, 1.82) is 0 Å². The number of likely N-dealkylation sites (N-methyl/N-ethyl adjacent to an activating group) is 1. The van der Waals surface area contributed by atoms with Crippen LogP contribution in [0.2, 0.25) is 0 Å². The zero-order valence-corrected chi connectivity index (χ0v) is 18.7. The molecule has 1 saturated carbocycles. The topological polar surface area (TPSA) is 58.4 Å². The fourth-order valence-electron chi connectivity index (χ4n) is 4.71. The Bertz CT molecular complexity index is 952. The van der Waals surface area contributed by atoms with Crippen molar-refractivity contribution in [2.75, 3.05) is 20.1 Å². The van der Waals surface area contributed by atoms with Gasteiger partial charge >= 0.3 is 0 Å². The number of fused-ring (bicyclic) bond motifs is 1. The number of hydrogen-bond acceptors (Lipinski definition) is 5. The van der Waals surface area contributed by atoms with E-state index in [9.17, 15) is 9.59 Å². The SMILES string of the molecule is Cc1sc2nc(CN3CCCC3)n(CC(=O)N(C)C3CCCCC3)c(=O)c2c1C. The van der Waals surface area contributed by atoms with Gasteiger partial charge in [-0.3, -0.25) is 19.1 Å². The summed E-state index contributed by atoms with van der Waals surface area (Å²) >= 11 is 1.58. The van der Waals surface area contributed by atoms with Crippen molar-refractivity contribution < 1.29 is 4.79 Å². The average Bonchev–Trinajstić information content (AvgIpc) is 3.33. The number of carbonyl (C=O) groups excluding carboxylic acids is 1. The summed E-state index contributed by atoms with van der Waals surface area (Å²) in [4.78, 5) is 37.6. The minimum Gasteiger partial charge on any atom is -0.341 e. The fraction of sp³-hybridized carbons (Fsp3) is 0.682. The van der Waals surface area contributed by atoms with Gasteiger partial charge in [-0.2, -0.15) is 0 Å². The van der Waals surface area contributed by atoms with Crippen LogP contribution in [-0.2, 0) is 17.9 Å². The van der Waals surface area contributed by atoms with Crippen molar-refractivity contribution in [3.05, 3.63) is 26.6 Å². The summed E-state index contributed by atoms with van der Waals surface area (Å²) in [6, 6.07) is 0.302. The molecule has 0 atom stereocenters. The molecule has 7 heteroatoms. The molecule has 2 aromatic rings. The summed E-state index contributed by atoms with van der Waals surface area (Å²) in [6.45, 7) is 6.82. The Kier molecular flexibility index (Phi) is 6.06. The smallest absolute Gasteiger partial charge is 0.263 e. The molecule has 29 heavy (non-hydrogen) atoms. The lowest BCUT2D eigenvalue weighted by Gasteiger charge is -2.31. The van der Waals surface area contributed by atoms with Gasteiger partial charge in [-0.25, -0.2) is 4.98 Å². The van der Waals surface area contributed by atoms with E-state index in [1.807, 2.05) is 25.8 Å². The van der Waals surface area contributed by atoms with Crippen LogP contribution in [0, 0.1) is 13.8 Å². The van der Waals surface area contributed by atoms with Gasteiger partial charge in [0.15, 0.2) is 0 Å². The number of hydrogen-bond donors (Lipinski definition) is 0. The Hall–Kier alpha value is -1.73. The van der Waals surface area contributed by atoms with Crippen molar-refractivity contribution in [2.24, 2.45) is 0 Å². The second-order valence-electron chi connectivity index (χ2n) is 8.66. The third-order valence-electron chi connectivity index (χ3n) is 6.74. The maximum Gasteiger partial charge on any atom is 0.263 e. The zero-order valence-electron chi connectivity index (χ0n) is 17.9. The molecule has 1 saturated heterocycles. The molecule has 2 fully saturated rings. The quantitative estimate of drug-likeness (QED) is 0.749. The lowest BCUT2D eigenvalue weighted by molar-refractivity contribution is -0.133. The molecule has 2 aromatic heterocycles. The lowest BCUT2D eigenvalue weighted by Crippen LogP contribution is -2.42. The van der Waals surface area contributed by atoms with Crippen molar-refractivity contribution >= 4 is 27.5 Å². The summed E-state index contributed by atoms with van der Waals surface area (Å²) in [5.74, 6) is 0.753. The van der Waals surface area contributed by atoms with Crippen LogP contribution < -0.4 is 5.56 Å². The number of aromatic nitrogens is 2. The van der Waals surface area contributed by atoms with Gasteiger partial charge in [-0.05, 0) is 58.2 Å². The number of likely N-dealkylation sites (tertiary alicyclic amines) is 1. The Labute approximate surface area is 176 Å². The van der Waals surface area contributed by atoms with E-state index in [2.05, 4.69) is 4.90 Å². The fourth-order valence-corrected chi connectivity index (χ4v) is 5.75. The Morgan fingerprint density at radius 1 is 1.14 bits per heavy atom. The Morgan fingerprint density at radius 3 is 2.52 bits per heavy atom. The van der Waals surface area contributed by atoms with Crippen molar-refractivity contribution in [1.82, 2.24) is 19.4 Å². The molecule has 3 heterocycles. The molecule has 0 aromatic carbocycles. The van der Waals surface area contributed by atoms with Crippen LogP contribution >= 0.6 is 11.3 Å². The summed E-state index contributed by atoms with van der Waals surface area (Å²) in [5, 5.41) is 0.686. The second kappa shape index (κ2) is 8.56. The number of rotatable bonds is 5. The maximum absolute atomic E-state index is 13.4. The minimum absolute atomic E-state index is 0.0208. The van der Waals surface area contributed by atoms with E-state index in [4.69, 9.17) is 4.98 Å². The van der Waals surface area contributed by atoms with Crippen molar-refractivity contribution in [3.63, 3.8) is 0 Å². The third kappa shape index (κ3) is 4.12. The van der Waals surface area contributed by atoms with E-state index in [1.54, 1.807) is 15.9 Å². The molecule has 0 spiro atoms. The molecule has 0 unspecified atom stereocenters. The molecule has 6 nitrogen and oxygen atoms in total. The molecule has 0 N–H and O–H groups in total. The highest BCUT2D eigenvalue weighted by molar-refractivity contribution is 7.18. The molecule has 1 aliphatic heterocycles. The Morgan fingerprint density at radius 2 is 1.83 bits per heavy atom. The molecular weight excluding hydrogens is 384 g/mol. The van der Waals surface area contributed by atoms with E-state index < -0.39 is 0 Å². The number of thiophene rings is 1. The van der Waals surface area contributed by atoms with Crippen LogP contribution in [0.3, 0.4) is 0 Å². The van der Waals surface area contributed by atoms with Gasteiger partial charge in [0.1, 0.15) is 17.2 Å². The van der Waals surface area contributed by atoms with Gasteiger partial charge in [0.2, 0.25) is 5.91 Å². The van der Waals surface area contributed by atoms with Gasteiger partial charge in [-0.1, -0.05) is 19.3 Å². The van der Waals surface area contributed by atoms with E-state index in [0.29, 0.717) is 18.0 Å². The zero-order chi connectivity index (χ0) is 20.5. The first-order valence-corrected chi connectivity index (χ1v) is 11.7. The van der Waals surface area contributed by atoms with Crippen LogP contribution in [0.15, 0.2) is 4.79 Å². The number of amides is 1. The molecular formula is C22H32N4O2S. The monoisotopic (exact) mass is 416 g/mol. The van der Waals surface area contributed by atoms with E-state index in [0.717, 1.165) is 47.0 Å². The predicted octanol–water partition coefficient (Wildman–Crippen LogP) is 3.46. The highest BCUT2D eigenvalue weighted by Crippen LogP contribution is 2.27. The predicted molar refractivity (Wildman–Crippen MR) is 118 cm³/mol. The van der Waals surface area contributed by atoms with Crippen LogP contribution in [0.1, 0.15) is 61.2 Å². The van der Waals surface area contributed by atoms with E-state index in [-0.39, 0.29) is 18.0 Å². The van der Waals surface area contributed by atoms with Crippen LogP contribution in [-0.4, -0.2) is 51.4 Å². The third-order valence-corrected chi connectivity index (χ3v) is 7.84.